The van der Waals surface area contributed by atoms with Crippen LogP contribution in [0.2, 0.25) is 0 Å². The number of methoxy groups -OCH3 is 1. The highest BCUT2D eigenvalue weighted by Crippen LogP contribution is 2.53. The summed E-state index contributed by atoms with van der Waals surface area (Å²) in [6, 6.07) is 63.0. The predicted molar refractivity (Wildman–Crippen MR) is 258 cm³/mol. The monoisotopic (exact) mass is 796 g/mol. The maximum atomic E-state index is 5.43. The van der Waals surface area contributed by atoms with Crippen LogP contribution in [0.15, 0.2) is 176 Å². The van der Waals surface area contributed by atoms with Crippen LogP contribution in [0.5, 0.6) is 5.75 Å². The van der Waals surface area contributed by atoms with Crippen molar-refractivity contribution in [3.05, 3.63) is 198 Å². The number of hydrogen-bond donors (Lipinski definition) is 0. The Balaban J connectivity index is 0.831. The van der Waals surface area contributed by atoms with Crippen LogP contribution < -0.4 is 4.74 Å². The summed E-state index contributed by atoms with van der Waals surface area (Å²) in [6.45, 7) is 9.49. The van der Waals surface area contributed by atoms with Gasteiger partial charge in [-0.3, -0.25) is 0 Å². The molecular weight excluding hydrogens is 753 g/mol. The molecule has 2 aliphatic carbocycles. The molecule has 296 valence electrons. The molecule has 0 fully saturated rings. The molecule has 3 heteroatoms. The minimum Gasteiger partial charge on any atom is -0.497 e. The average Bonchev–Trinajstić information content (AvgIpc) is 3.68. The quantitative estimate of drug-likeness (QED) is 0.174. The highest BCUT2D eigenvalue weighted by molar-refractivity contribution is 5.95. The van der Waals surface area contributed by atoms with Gasteiger partial charge in [-0.05, 0) is 178 Å². The van der Waals surface area contributed by atoms with Gasteiger partial charge in [-0.25, -0.2) is 9.97 Å². The fourth-order valence-electron chi connectivity index (χ4n) is 10.4. The predicted octanol–water partition coefficient (Wildman–Crippen LogP) is 15.2. The van der Waals surface area contributed by atoms with E-state index in [1.54, 1.807) is 7.11 Å². The van der Waals surface area contributed by atoms with Crippen molar-refractivity contribution < 1.29 is 4.74 Å². The van der Waals surface area contributed by atoms with Crippen LogP contribution in [-0.4, -0.2) is 17.1 Å². The van der Waals surface area contributed by atoms with Crippen LogP contribution in [0.3, 0.4) is 0 Å². The van der Waals surface area contributed by atoms with E-state index in [0.717, 1.165) is 28.0 Å². The van der Waals surface area contributed by atoms with Gasteiger partial charge in [0.1, 0.15) is 5.75 Å². The van der Waals surface area contributed by atoms with E-state index in [4.69, 9.17) is 9.72 Å². The standard InChI is InChI=1S/C59H44N2O/c1-58(2)52-31-43(40-11-10-37-27-36(8-9-38(37)28-40)39-12-13-42-30-47(62-5)20-14-41(42)29-39)15-21-48(52)49-22-16-44(32-53(49)58)45-17-23-50-51-24-18-46(34-55(51)59(3,4)54(50)33-45)56-25-19-35-7-6-26-60-57(35)61-56/h6-34H,1-5H3. The molecule has 0 aliphatic heterocycles. The molecule has 2 heterocycles. The lowest BCUT2D eigenvalue weighted by atomic mass is 9.79. The molecule has 0 amide bonds. The van der Waals surface area contributed by atoms with Crippen molar-refractivity contribution >= 4 is 32.6 Å². The number of hydrogen-bond acceptors (Lipinski definition) is 3. The van der Waals surface area contributed by atoms with Gasteiger partial charge in [-0.1, -0.05) is 119 Å². The summed E-state index contributed by atoms with van der Waals surface area (Å²) in [5, 5.41) is 5.92. The van der Waals surface area contributed by atoms with E-state index in [0.29, 0.717) is 0 Å². The molecule has 0 bridgehead atoms. The summed E-state index contributed by atoms with van der Waals surface area (Å²) >= 11 is 0. The Bertz CT molecular complexity index is 3520. The van der Waals surface area contributed by atoms with E-state index in [9.17, 15) is 0 Å². The lowest BCUT2D eigenvalue weighted by Gasteiger charge is -2.24. The van der Waals surface area contributed by atoms with E-state index in [-0.39, 0.29) is 10.8 Å². The Hall–Kier alpha value is -7.36. The topological polar surface area (TPSA) is 35.0 Å². The molecule has 2 aromatic heterocycles. The van der Waals surface area contributed by atoms with Crippen LogP contribution in [0.25, 0.3) is 99.5 Å². The molecular formula is C59H44N2O. The van der Waals surface area contributed by atoms with Gasteiger partial charge >= 0.3 is 0 Å². The molecule has 62 heavy (non-hydrogen) atoms. The third-order valence-corrected chi connectivity index (χ3v) is 14.0. The van der Waals surface area contributed by atoms with Crippen molar-refractivity contribution in [2.45, 2.75) is 38.5 Å². The highest BCUT2D eigenvalue weighted by Gasteiger charge is 2.38. The second-order valence-electron chi connectivity index (χ2n) is 18.2. The maximum Gasteiger partial charge on any atom is 0.159 e. The van der Waals surface area contributed by atoms with E-state index < -0.39 is 0 Å². The van der Waals surface area contributed by atoms with E-state index in [1.807, 2.05) is 18.3 Å². The summed E-state index contributed by atoms with van der Waals surface area (Å²) in [4.78, 5) is 9.43. The van der Waals surface area contributed by atoms with Crippen LogP contribution in [0.1, 0.15) is 49.9 Å². The first-order chi connectivity index (χ1) is 30.1. The molecule has 12 rings (SSSR count). The number of nitrogens with zero attached hydrogens (tertiary/aromatic N) is 2. The molecule has 10 aromatic rings. The van der Waals surface area contributed by atoms with Crippen molar-refractivity contribution in [1.29, 1.82) is 0 Å². The number of rotatable bonds is 5. The fourth-order valence-corrected chi connectivity index (χ4v) is 10.4. The van der Waals surface area contributed by atoms with Gasteiger partial charge in [0.05, 0.1) is 12.8 Å². The third kappa shape index (κ3) is 5.58. The molecule has 0 saturated heterocycles. The summed E-state index contributed by atoms with van der Waals surface area (Å²) in [5.74, 6) is 0.879. The van der Waals surface area contributed by atoms with Crippen molar-refractivity contribution in [1.82, 2.24) is 9.97 Å². The van der Waals surface area contributed by atoms with E-state index >= 15 is 0 Å². The Morgan fingerprint density at radius 1 is 0.371 bits per heavy atom. The smallest absolute Gasteiger partial charge is 0.159 e. The summed E-state index contributed by atoms with van der Waals surface area (Å²) in [5.41, 5.74) is 20.7. The number of benzene rings is 8. The zero-order valence-electron chi connectivity index (χ0n) is 35.5. The molecule has 0 radical (unpaired) electrons. The first kappa shape index (κ1) is 36.5. The zero-order chi connectivity index (χ0) is 41.9. The van der Waals surface area contributed by atoms with Crippen molar-refractivity contribution in [2.24, 2.45) is 0 Å². The van der Waals surface area contributed by atoms with Crippen LogP contribution in [0, 0.1) is 0 Å². The number of pyridine rings is 2. The molecule has 3 nitrogen and oxygen atoms in total. The minimum atomic E-state index is -0.161. The first-order valence-corrected chi connectivity index (χ1v) is 21.6. The number of aromatic nitrogens is 2. The van der Waals surface area contributed by atoms with E-state index in [1.165, 1.54) is 99.4 Å². The van der Waals surface area contributed by atoms with Crippen LogP contribution in [0.4, 0.5) is 0 Å². The lowest BCUT2D eigenvalue weighted by Crippen LogP contribution is -2.15. The maximum absolute atomic E-state index is 5.43. The SMILES string of the molecule is COc1ccc2cc(-c3ccc4cc(-c5ccc6c(c5)C(C)(C)c5cc(-c7ccc8c(c7)C(C)(C)c7cc(-c9ccc%10cccnc%10n9)ccc7-8)ccc5-6)ccc4c3)ccc2c1. The summed E-state index contributed by atoms with van der Waals surface area (Å²) < 4.78 is 5.43. The second-order valence-corrected chi connectivity index (χ2v) is 18.2. The molecule has 0 spiro atoms. The second kappa shape index (κ2) is 13.3. The Labute approximate surface area is 362 Å². The van der Waals surface area contributed by atoms with Crippen molar-refractivity contribution in [3.63, 3.8) is 0 Å². The van der Waals surface area contributed by atoms with Gasteiger partial charge in [0.25, 0.3) is 0 Å². The molecule has 0 unspecified atom stereocenters. The Kier molecular flexibility index (Phi) is 7.84. The van der Waals surface area contributed by atoms with E-state index in [2.05, 4.69) is 190 Å². The van der Waals surface area contributed by atoms with Gasteiger partial charge < -0.3 is 4.74 Å². The average molecular weight is 797 g/mol. The van der Waals surface area contributed by atoms with Gasteiger partial charge in [0.2, 0.25) is 0 Å². The van der Waals surface area contributed by atoms with Gasteiger partial charge in [-0.15, -0.1) is 0 Å². The first-order valence-electron chi connectivity index (χ1n) is 21.6. The van der Waals surface area contributed by atoms with Crippen LogP contribution in [-0.2, 0) is 10.8 Å². The third-order valence-electron chi connectivity index (χ3n) is 14.0. The van der Waals surface area contributed by atoms with Gasteiger partial charge in [0.15, 0.2) is 5.65 Å². The highest BCUT2D eigenvalue weighted by atomic mass is 16.5. The Morgan fingerprint density at radius 2 is 0.758 bits per heavy atom. The van der Waals surface area contributed by atoms with Crippen molar-refractivity contribution in [2.75, 3.05) is 7.11 Å². The van der Waals surface area contributed by atoms with Crippen LogP contribution >= 0.6 is 0 Å². The molecule has 0 atom stereocenters. The normalized spacial score (nSPS) is 14.1. The van der Waals surface area contributed by atoms with Crippen molar-refractivity contribution in [3.8, 4) is 72.6 Å². The largest absolute Gasteiger partial charge is 0.497 e. The molecule has 2 aliphatic rings. The molecule has 8 aromatic carbocycles. The fraction of sp³-hybridized carbons (Fsp3) is 0.119. The molecule has 0 saturated carbocycles. The molecule has 0 N–H and O–H groups in total. The number of ether oxygens (including phenoxy) is 1. The lowest BCUT2D eigenvalue weighted by molar-refractivity contribution is 0.415. The summed E-state index contributed by atoms with van der Waals surface area (Å²) in [6.07, 6.45) is 1.81. The van der Waals surface area contributed by atoms with Gasteiger partial charge in [-0.2, -0.15) is 0 Å². The zero-order valence-corrected chi connectivity index (χ0v) is 35.5. The summed E-state index contributed by atoms with van der Waals surface area (Å²) in [7, 11) is 1.71. The number of fused-ring (bicyclic) bond motifs is 9. The Morgan fingerprint density at radius 3 is 1.24 bits per heavy atom. The minimum absolute atomic E-state index is 0.150. The van der Waals surface area contributed by atoms with Gasteiger partial charge in [0, 0.05) is 28.0 Å².